The number of fused-ring (bicyclic) bond motifs is 1. The summed E-state index contributed by atoms with van der Waals surface area (Å²) in [6, 6.07) is 16.8. The predicted molar refractivity (Wildman–Crippen MR) is 105 cm³/mol. The Morgan fingerprint density at radius 1 is 0.786 bits per heavy atom. The number of carbonyl (C=O) groups excluding carboxylic acids is 2. The second-order valence-corrected chi connectivity index (χ2v) is 7.92. The fourth-order valence-electron chi connectivity index (χ4n) is 3.19. The molecule has 28 heavy (non-hydrogen) atoms. The van der Waals surface area contributed by atoms with Crippen LogP contribution in [0.25, 0.3) is 10.8 Å². The molecular formula is C20H16N2O5S. The maximum atomic E-state index is 11.8. The summed E-state index contributed by atoms with van der Waals surface area (Å²) in [4.78, 5) is 24.7. The molecule has 4 rings (SSSR count). The summed E-state index contributed by atoms with van der Waals surface area (Å²) >= 11 is 0. The van der Waals surface area contributed by atoms with Gasteiger partial charge in [-0.05, 0) is 59.3 Å². The average Bonchev–Trinajstić information content (AvgIpc) is 3.00. The molecular weight excluding hydrogens is 380 g/mol. The fourth-order valence-corrected chi connectivity index (χ4v) is 3.70. The number of carbonyl (C=O) groups is 2. The summed E-state index contributed by atoms with van der Waals surface area (Å²) in [5.41, 5.74) is 2.11. The van der Waals surface area contributed by atoms with Gasteiger partial charge in [-0.1, -0.05) is 12.1 Å². The Morgan fingerprint density at radius 3 is 2.00 bits per heavy atom. The minimum absolute atomic E-state index is 0.151. The van der Waals surface area contributed by atoms with Crippen LogP contribution in [-0.2, 0) is 19.7 Å². The van der Waals surface area contributed by atoms with Crippen molar-refractivity contribution in [2.45, 2.75) is 17.7 Å². The first-order chi connectivity index (χ1) is 13.3. The third-order valence-corrected chi connectivity index (χ3v) is 5.42. The maximum Gasteiger partial charge on any atom is 0.294 e. The lowest BCUT2D eigenvalue weighted by atomic mass is 10.1. The molecule has 0 aromatic heterocycles. The Labute approximate surface area is 161 Å². The summed E-state index contributed by atoms with van der Waals surface area (Å²) in [7, 11) is -4.24. The smallest absolute Gasteiger partial charge is 0.294 e. The third-order valence-electron chi connectivity index (χ3n) is 4.58. The van der Waals surface area contributed by atoms with Crippen molar-refractivity contribution in [3.05, 3.63) is 60.7 Å². The average molecular weight is 396 g/mol. The van der Waals surface area contributed by atoms with Crippen molar-refractivity contribution < 1.29 is 22.6 Å². The Balaban J connectivity index is 1.56. The molecule has 1 fully saturated rings. The summed E-state index contributed by atoms with van der Waals surface area (Å²) < 4.78 is 31.6. The number of benzene rings is 3. The zero-order valence-corrected chi connectivity index (χ0v) is 15.4. The zero-order valence-electron chi connectivity index (χ0n) is 14.6. The molecule has 0 spiro atoms. The number of rotatable bonds is 4. The predicted octanol–water partition coefficient (Wildman–Crippen LogP) is 3.48. The van der Waals surface area contributed by atoms with E-state index in [1.165, 1.54) is 17.0 Å². The Kier molecular flexibility index (Phi) is 4.37. The molecule has 2 amide bonds. The molecule has 1 heterocycles. The quantitative estimate of drug-likeness (QED) is 0.517. The van der Waals surface area contributed by atoms with Crippen molar-refractivity contribution in [3.63, 3.8) is 0 Å². The number of hydrogen-bond acceptors (Lipinski definition) is 5. The normalized spacial score (nSPS) is 14.7. The lowest BCUT2D eigenvalue weighted by Gasteiger charge is -2.15. The molecule has 1 aliphatic rings. The van der Waals surface area contributed by atoms with Crippen molar-refractivity contribution >= 4 is 49.8 Å². The standard InChI is InChI=1S/C20H16N2O5S/c23-19-9-10-20(24)22(19)17-6-4-15(5-7-17)21-16-3-1-14-12-18(28(25,26)27)8-2-13(14)11-16/h1-8,11-12,21H,9-10H2,(H,25,26,27). The molecule has 3 aromatic rings. The molecule has 8 heteroatoms. The van der Waals surface area contributed by atoms with Crippen LogP contribution in [0.1, 0.15) is 12.8 Å². The van der Waals surface area contributed by atoms with Crippen LogP contribution in [0, 0.1) is 0 Å². The molecule has 3 aromatic carbocycles. The summed E-state index contributed by atoms with van der Waals surface area (Å²) in [5, 5.41) is 4.72. The van der Waals surface area contributed by atoms with Gasteiger partial charge in [0.05, 0.1) is 10.6 Å². The van der Waals surface area contributed by atoms with Gasteiger partial charge in [0.25, 0.3) is 10.1 Å². The van der Waals surface area contributed by atoms with Gasteiger partial charge in [0.1, 0.15) is 0 Å². The molecule has 1 saturated heterocycles. The van der Waals surface area contributed by atoms with Gasteiger partial charge in [-0.3, -0.25) is 19.0 Å². The zero-order chi connectivity index (χ0) is 19.9. The van der Waals surface area contributed by atoms with Gasteiger partial charge in [0.2, 0.25) is 11.8 Å². The van der Waals surface area contributed by atoms with E-state index in [1.807, 2.05) is 6.07 Å². The highest BCUT2D eigenvalue weighted by Crippen LogP contribution is 2.27. The van der Waals surface area contributed by atoms with Gasteiger partial charge < -0.3 is 5.32 Å². The van der Waals surface area contributed by atoms with E-state index in [2.05, 4.69) is 5.32 Å². The Morgan fingerprint density at radius 2 is 1.36 bits per heavy atom. The van der Waals surface area contributed by atoms with Crippen molar-refractivity contribution in [1.82, 2.24) is 0 Å². The molecule has 0 saturated carbocycles. The SMILES string of the molecule is O=C1CCC(=O)N1c1ccc(Nc2ccc3cc(S(=O)(=O)O)ccc3c2)cc1. The van der Waals surface area contributed by atoms with E-state index < -0.39 is 10.1 Å². The van der Waals surface area contributed by atoms with Gasteiger partial charge >= 0.3 is 0 Å². The number of nitrogens with zero attached hydrogens (tertiary/aromatic N) is 1. The van der Waals surface area contributed by atoms with Gasteiger partial charge in [-0.15, -0.1) is 0 Å². The second-order valence-electron chi connectivity index (χ2n) is 6.49. The first-order valence-corrected chi connectivity index (χ1v) is 9.99. The van der Waals surface area contributed by atoms with Crippen LogP contribution < -0.4 is 10.2 Å². The van der Waals surface area contributed by atoms with E-state index >= 15 is 0 Å². The van der Waals surface area contributed by atoms with Crippen molar-refractivity contribution in [2.24, 2.45) is 0 Å². The van der Waals surface area contributed by atoms with E-state index in [9.17, 15) is 18.0 Å². The molecule has 7 nitrogen and oxygen atoms in total. The summed E-state index contributed by atoms with van der Waals surface area (Å²) in [6.45, 7) is 0. The third kappa shape index (κ3) is 3.47. The number of nitrogens with one attached hydrogen (secondary N) is 1. The molecule has 0 aliphatic carbocycles. The summed E-state index contributed by atoms with van der Waals surface area (Å²) in [5.74, 6) is -0.381. The Bertz CT molecular complexity index is 1190. The van der Waals surface area contributed by atoms with Gasteiger partial charge in [-0.2, -0.15) is 8.42 Å². The highest BCUT2D eigenvalue weighted by atomic mass is 32.2. The van der Waals surface area contributed by atoms with Crippen LogP contribution in [0.2, 0.25) is 0 Å². The van der Waals surface area contributed by atoms with E-state index in [0.717, 1.165) is 16.8 Å². The van der Waals surface area contributed by atoms with Crippen LogP contribution in [0.15, 0.2) is 65.6 Å². The highest BCUT2D eigenvalue weighted by Gasteiger charge is 2.30. The number of hydrogen-bond donors (Lipinski definition) is 2. The minimum Gasteiger partial charge on any atom is -0.356 e. The van der Waals surface area contributed by atoms with Crippen LogP contribution in [-0.4, -0.2) is 24.8 Å². The van der Waals surface area contributed by atoms with Gasteiger partial charge in [0, 0.05) is 24.2 Å². The summed E-state index contributed by atoms with van der Waals surface area (Å²) in [6.07, 6.45) is 0.491. The number of imide groups is 1. The van der Waals surface area contributed by atoms with E-state index in [-0.39, 0.29) is 29.6 Å². The lowest BCUT2D eigenvalue weighted by Crippen LogP contribution is -2.28. The highest BCUT2D eigenvalue weighted by molar-refractivity contribution is 7.85. The van der Waals surface area contributed by atoms with Crippen LogP contribution >= 0.6 is 0 Å². The monoisotopic (exact) mass is 396 g/mol. The lowest BCUT2D eigenvalue weighted by molar-refractivity contribution is -0.121. The van der Waals surface area contributed by atoms with Crippen LogP contribution in [0.3, 0.4) is 0 Å². The second kappa shape index (κ2) is 6.74. The maximum absolute atomic E-state index is 11.8. The molecule has 142 valence electrons. The first kappa shape index (κ1) is 18.1. The number of anilines is 3. The Hall–Kier alpha value is -3.23. The fraction of sp³-hybridized carbons (Fsp3) is 0.100. The minimum atomic E-state index is -4.24. The van der Waals surface area contributed by atoms with E-state index in [1.54, 1.807) is 42.5 Å². The van der Waals surface area contributed by atoms with Gasteiger partial charge in [0.15, 0.2) is 0 Å². The first-order valence-electron chi connectivity index (χ1n) is 8.55. The van der Waals surface area contributed by atoms with Crippen LogP contribution in [0.5, 0.6) is 0 Å². The molecule has 0 radical (unpaired) electrons. The van der Waals surface area contributed by atoms with E-state index in [4.69, 9.17) is 4.55 Å². The molecule has 1 aliphatic heterocycles. The van der Waals surface area contributed by atoms with Gasteiger partial charge in [-0.25, -0.2) is 0 Å². The topological polar surface area (TPSA) is 104 Å². The largest absolute Gasteiger partial charge is 0.356 e. The van der Waals surface area contributed by atoms with Crippen molar-refractivity contribution in [1.29, 1.82) is 0 Å². The van der Waals surface area contributed by atoms with E-state index in [0.29, 0.717) is 11.1 Å². The number of amides is 2. The molecule has 0 unspecified atom stereocenters. The van der Waals surface area contributed by atoms with Crippen molar-refractivity contribution in [2.75, 3.05) is 10.2 Å². The molecule has 2 N–H and O–H groups in total. The van der Waals surface area contributed by atoms with Crippen molar-refractivity contribution in [3.8, 4) is 0 Å². The molecule has 0 bridgehead atoms. The molecule has 0 atom stereocenters. The van der Waals surface area contributed by atoms with Crippen LogP contribution in [0.4, 0.5) is 17.1 Å².